The van der Waals surface area contributed by atoms with Gasteiger partial charge >= 0.3 is 0 Å². The van der Waals surface area contributed by atoms with Crippen molar-refractivity contribution < 1.29 is 9.53 Å². The molecule has 3 heteroatoms. The molecule has 3 nitrogen and oxygen atoms in total. The second-order valence-corrected chi connectivity index (χ2v) is 5.52. The highest BCUT2D eigenvalue weighted by Gasteiger charge is 2.15. The van der Waals surface area contributed by atoms with Gasteiger partial charge in [-0.25, -0.2) is 0 Å². The molecule has 1 aliphatic rings. The van der Waals surface area contributed by atoms with Crippen LogP contribution in [0.25, 0.3) is 0 Å². The van der Waals surface area contributed by atoms with Crippen LogP contribution < -0.4 is 9.64 Å². The van der Waals surface area contributed by atoms with Gasteiger partial charge in [0.25, 0.3) is 0 Å². The molecule has 0 unspecified atom stereocenters. The lowest BCUT2D eigenvalue weighted by molar-refractivity contribution is -0.113. The van der Waals surface area contributed by atoms with Crippen molar-refractivity contribution in [3.8, 4) is 5.75 Å². The molecule has 2 rings (SSSR count). The molecule has 22 heavy (non-hydrogen) atoms. The average Bonchev–Trinajstić information content (AvgIpc) is 2.79. The van der Waals surface area contributed by atoms with E-state index in [1.54, 1.807) is 14.0 Å². The SMILES string of the molecule is CCc1cc(CC)c(N2C=C(C(C)=O)C=CCC2)cc1OC. The van der Waals surface area contributed by atoms with Crippen LogP contribution in [0.15, 0.2) is 36.1 Å². The summed E-state index contributed by atoms with van der Waals surface area (Å²) in [7, 11) is 1.71. The zero-order valence-electron chi connectivity index (χ0n) is 14.0. The summed E-state index contributed by atoms with van der Waals surface area (Å²) in [4.78, 5) is 13.9. The molecule has 0 bridgehead atoms. The molecular weight excluding hydrogens is 274 g/mol. The molecule has 0 atom stereocenters. The van der Waals surface area contributed by atoms with E-state index < -0.39 is 0 Å². The summed E-state index contributed by atoms with van der Waals surface area (Å²) in [6, 6.07) is 4.34. The number of allylic oxidation sites excluding steroid dienone is 2. The molecule has 118 valence electrons. The van der Waals surface area contributed by atoms with Crippen molar-refractivity contribution in [3.05, 3.63) is 47.2 Å². The first kappa shape index (κ1) is 16.3. The first-order valence-electron chi connectivity index (χ1n) is 7.96. The van der Waals surface area contributed by atoms with E-state index in [9.17, 15) is 4.79 Å². The Hall–Kier alpha value is -2.03. The van der Waals surface area contributed by atoms with E-state index in [4.69, 9.17) is 4.74 Å². The Labute approximate surface area is 133 Å². The number of ether oxygens (including phenoxy) is 1. The summed E-state index contributed by atoms with van der Waals surface area (Å²) in [6.07, 6.45) is 8.79. The van der Waals surface area contributed by atoms with Crippen LogP contribution in [0.1, 0.15) is 38.3 Å². The third-order valence-corrected chi connectivity index (χ3v) is 4.09. The molecule has 0 aromatic heterocycles. The maximum Gasteiger partial charge on any atom is 0.161 e. The first-order chi connectivity index (χ1) is 10.6. The lowest BCUT2D eigenvalue weighted by Gasteiger charge is -2.24. The van der Waals surface area contributed by atoms with E-state index in [-0.39, 0.29) is 5.78 Å². The summed E-state index contributed by atoms with van der Waals surface area (Å²) in [5.74, 6) is 1.02. The van der Waals surface area contributed by atoms with Crippen molar-refractivity contribution in [2.45, 2.75) is 40.0 Å². The zero-order chi connectivity index (χ0) is 16.1. The van der Waals surface area contributed by atoms with E-state index in [1.165, 1.54) is 11.1 Å². The Bertz CT molecular complexity index is 614. The first-order valence-corrected chi connectivity index (χ1v) is 7.96. The van der Waals surface area contributed by atoms with Gasteiger partial charge < -0.3 is 9.64 Å². The maximum atomic E-state index is 11.7. The number of nitrogens with zero attached hydrogens (tertiary/aromatic N) is 1. The smallest absolute Gasteiger partial charge is 0.161 e. The normalized spacial score (nSPS) is 14.5. The van der Waals surface area contributed by atoms with Gasteiger partial charge in [-0.05, 0) is 37.3 Å². The molecule has 0 amide bonds. The summed E-state index contributed by atoms with van der Waals surface area (Å²) >= 11 is 0. The van der Waals surface area contributed by atoms with Gasteiger partial charge in [-0.15, -0.1) is 0 Å². The van der Waals surface area contributed by atoms with Crippen molar-refractivity contribution >= 4 is 11.5 Å². The Balaban J connectivity index is 2.50. The third kappa shape index (κ3) is 3.41. The molecule has 1 aromatic carbocycles. The lowest BCUT2D eigenvalue weighted by Crippen LogP contribution is -2.19. The van der Waals surface area contributed by atoms with E-state index in [2.05, 4.69) is 37.0 Å². The fraction of sp³-hybridized carbons (Fsp3) is 0.421. The van der Waals surface area contributed by atoms with Crippen molar-refractivity contribution in [2.75, 3.05) is 18.6 Å². The van der Waals surface area contributed by atoms with E-state index >= 15 is 0 Å². The largest absolute Gasteiger partial charge is 0.496 e. The molecule has 0 spiro atoms. The fourth-order valence-corrected chi connectivity index (χ4v) is 2.78. The number of hydrogen-bond donors (Lipinski definition) is 0. The minimum Gasteiger partial charge on any atom is -0.496 e. The molecule has 0 saturated carbocycles. The monoisotopic (exact) mass is 299 g/mol. The van der Waals surface area contributed by atoms with E-state index in [0.717, 1.165) is 42.8 Å². The van der Waals surface area contributed by atoms with Crippen molar-refractivity contribution in [1.29, 1.82) is 0 Å². The molecule has 0 fully saturated rings. The third-order valence-electron chi connectivity index (χ3n) is 4.09. The number of aryl methyl sites for hydroxylation is 2. The fourth-order valence-electron chi connectivity index (χ4n) is 2.78. The number of benzene rings is 1. The second-order valence-electron chi connectivity index (χ2n) is 5.52. The van der Waals surface area contributed by atoms with Gasteiger partial charge in [0.1, 0.15) is 5.75 Å². The number of hydrogen-bond acceptors (Lipinski definition) is 3. The van der Waals surface area contributed by atoms with Gasteiger partial charge in [-0.2, -0.15) is 0 Å². The van der Waals surface area contributed by atoms with Gasteiger partial charge in [-0.3, -0.25) is 4.79 Å². The summed E-state index contributed by atoms with van der Waals surface area (Å²) in [5, 5.41) is 0. The molecule has 0 N–H and O–H groups in total. The van der Waals surface area contributed by atoms with Gasteiger partial charge in [0, 0.05) is 30.1 Å². The van der Waals surface area contributed by atoms with E-state index in [0.29, 0.717) is 0 Å². The van der Waals surface area contributed by atoms with Crippen molar-refractivity contribution in [2.24, 2.45) is 0 Å². The summed E-state index contributed by atoms with van der Waals surface area (Å²) in [5.41, 5.74) is 4.41. The second kappa shape index (κ2) is 7.30. The van der Waals surface area contributed by atoms with Gasteiger partial charge in [-0.1, -0.05) is 32.1 Å². The van der Waals surface area contributed by atoms with Crippen LogP contribution in [0.4, 0.5) is 5.69 Å². The summed E-state index contributed by atoms with van der Waals surface area (Å²) in [6.45, 7) is 6.78. The van der Waals surface area contributed by atoms with Crippen molar-refractivity contribution in [3.63, 3.8) is 0 Å². The number of rotatable bonds is 5. The predicted octanol–water partition coefficient (Wildman–Crippen LogP) is 4.06. The molecule has 0 aliphatic carbocycles. The van der Waals surface area contributed by atoms with Crippen LogP contribution >= 0.6 is 0 Å². The number of ketones is 1. The highest BCUT2D eigenvalue weighted by molar-refractivity contribution is 5.96. The minimum atomic E-state index is 0.0957. The minimum absolute atomic E-state index is 0.0957. The van der Waals surface area contributed by atoms with Gasteiger partial charge in [0.2, 0.25) is 0 Å². The highest BCUT2D eigenvalue weighted by Crippen LogP contribution is 2.32. The number of methoxy groups -OCH3 is 1. The van der Waals surface area contributed by atoms with Crippen LogP contribution in [0.5, 0.6) is 5.75 Å². The lowest BCUT2D eigenvalue weighted by atomic mass is 10.0. The number of anilines is 1. The Morgan fingerprint density at radius 2 is 1.95 bits per heavy atom. The van der Waals surface area contributed by atoms with Crippen LogP contribution in [-0.2, 0) is 17.6 Å². The molecule has 1 aromatic rings. The van der Waals surface area contributed by atoms with Crippen LogP contribution in [0.2, 0.25) is 0 Å². The highest BCUT2D eigenvalue weighted by atomic mass is 16.5. The Kier molecular flexibility index (Phi) is 5.42. The predicted molar refractivity (Wildman–Crippen MR) is 91.6 cm³/mol. The summed E-state index contributed by atoms with van der Waals surface area (Å²) < 4.78 is 5.54. The van der Waals surface area contributed by atoms with Gasteiger partial charge in [0.05, 0.1) is 7.11 Å². The molecule has 1 aliphatic heterocycles. The molecule has 0 radical (unpaired) electrons. The quantitative estimate of drug-likeness (QED) is 0.821. The number of Topliss-reactive ketones (excluding diaryl/α,β-unsaturated/α-hetero) is 1. The topological polar surface area (TPSA) is 29.5 Å². The molecule has 1 heterocycles. The Morgan fingerprint density at radius 3 is 2.55 bits per heavy atom. The molecular formula is C19H25NO2. The van der Waals surface area contributed by atoms with Crippen molar-refractivity contribution in [1.82, 2.24) is 0 Å². The standard InChI is InChI=1S/C19H25NO2/c1-5-15-11-16(6-2)19(22-4)12-18(15)20-10-8-7-9-17(13-20)14(3)21/h7,9,11-13H,5-6,8,10H2,1-4H3. The van der Waals surface area contributed by atoms with Crippen LogP contribution in [-0.4, -0.2) is 19.4 Å². The number of carbonyl (C=O) groups excluding carboxylic acids is 1. The molecule has 0 saturated heterocycles. The van der Waals surface area contributed by atoms with Crippen LogP contribution in [0.3, 0.4) is 0 Å². The van der Waals surface area contributed by atoms with Crippen LogP contribution in [0, 0.1) is 0 Å². The maximum absolute atomic E-state index is 11.7. The zero-order valence-corrected chi connectivity index (χ0v) is 14.0. The average molecular weight is 299 g/mol. The van der Waals surface area contributed by atoms with Gasteiger partial charge in [0.15, 0.2) is 5.78 Å². The Morgan fingerprint density at radius 1 is 1.23 bits per heavy atom. The van der Waals surface area contributed by atoms with E-state index in [1.807, 2.05) is 12.3 Å². The number of carbonyl (C=O) groups is 1.